The van der Waals surface area contributed by atoms with Gasteiger partial charge in [0.25, 0.3) is 5.91 Å². The van der Waals surface area contributed by atoms with Crippen molar-refractivity contribution in [2.45, 2.75) is 0 Å². The standard InChI is InChI=1S/C18H11Cl2N5O/c19-12-7-13(20)9-14(8-12)23-17(26)16-5-6-22-18(25-16)24-15-4-2-1-3-11(15)10-21/h1-9H,(H,23,26)(H,22,24,25). The zero-order chi connectivity index (χ0) is 18.5. The molecule has 0 spiro atoms. The molecule has 0 fully saturated rings. The second-order valence-corrected chi connectivity index (χ2v) is 6.03. The fraction of sp³-hybridized carbons (Fsp3) is 0. The third-order valence-corrected chi connectivity index (χ3v) is 3.74. The normalized spacial score (nSPS) is 10.0. The summed E-state index contributed by atoms with van der Waals surface area (Å²) in [5.41, 5.74) is 1.59. The van der Waals surface area contributed by atoms with Gasteiger partial charge in [-0.25, -0.2) is 9.97 Å². The van der Waals surface area contributed by atoms with Gasteiger partial charge in [-0.15, -0.1) is 0 Å². The first-order chi connectivity index (χ1) is 12.5. The number of anilines is 3. The first-order valence-electron chi connectivity index (χ1n) is 7.42. The maximum atomic E-state index is 12.4. The Kier molecular flexibility index (Phi) is 5.32. The average Bonchev–Trinajstić information content (AvgIpc) is 2.61. The third-order valence-electron chi connectivity index (χ3n) is 3.30. The van der Waals surface area contributed by atoms with Gasteiger partial charge in [0.1, 0.15) is 11.8 Å². The molecule has 128 valence electrons. The molecule has 0 aliphatic heterocycles. The van der Waals surface area contributed by atoms with Crippen molar-refractivity contribution in [3.8, 4) is 6.07 Å². The monoisotopic (exact) mass is 383 g/mol. The fourth-order valence-electron chi connectivity index (χ4n) is 2.18. The van der Waals surface area contributed by atoms with Crippen LogP contribution in [-0.2, 0) is 0 Å². The van der Waals surface area contributed by atoms with Crippen molar-refractivity contribution in [2.75, 3.05) is 10.6 Å². The summed E-state index contributed by atoms with van der Waals surface area (Å²) in [4.78, 5) is 20.6. The Morgan fingerprint density at radius 3 is 2.54 bits per heavy atom. The minimum atomic E-state index is -0.442. The van der Waals surface area contributed by atoms with E-state index in [1.54, 1.807) is 42.5 Å². The van der Waals surface area contributed by atoms with Gasteiger partial charge in [0.15, 0.2) is 0 Å². The smallest absolute Gasteiger partial charge is 0.274 e. The minimum absolute atomic E-state index is 0.146. The Labute approximate surface area is 159 Å². The predicted octanol–water partition coefficient (Wildman–Crippen LogP) is 4.65. The van der Waals surface area contributed by atoms with Crippen LogP contribution in [0.5, 0.6) is 0 Å². The van der Waals surface area contributed by atoms with E-state index in [1.807, 2.05) is 0 Å². The summed E-state index contributed by atoms with van der Waals surface area (Å²) < 4.78 is 0. The van der Waals surface area contributed by atoms with Crippen LogP contribution in [0.3, 0.4) is 0 Å². The number of aromatic nitrogens is 2. The lowest BCUT2D eigenvalue weighted by Gasteiger charge is -2.09. The fourth-order valence-corrected chi connectivity index (χ4v) is 2.70. The highest BCUT2D eigenvalue weighted by molar-refractivity contribution is 6.35. The molecule has 3 aromatic rings. The number of nitrogens with one attached hydrogen (secondary N) is 2. The van der Waals surface area contributed by atoms with Crippen molar-refractivity contribution >= 4 is 46.4 Å². The maximum Gasteiger partial charge on any atom is 0.274 e. The second kappa shape index (κ2) is 7.83. The lowest BCUT2D eigenvalue weighted by molar-refractivity contribution is 0.102. The number of nitriles is 1. The minimum Gasteiger partial charge on any atom is -0.323 e. The van der Waals surface area contributed by atoms with Gasteiger partial charge in [0.2, 0.25) is 5.95 Å². The van der Waals surface area contributed by atoms with E-state index in [0.717, 1.165) is 0 Å². The van der Waals surface area contributed by atoms with E-state index < -0.39 is 5.91 Å². The van der Waals surface area contributed by atoms with Crippen LogP contribution >= 0.6 is 23.2 Å². The quantitative estimate of drug-likeness (QED) is 0.683. The second-order valence-electron chi connectivity index (χ2n) is 5.16. The number of carbonyl (C=O) groups excluding carboxylic acids is 1. The number of hydrogen-bond donors (Lipinski definition) is 2. The Bertz CT molecular complexity index is 996. The van der Waals surface area contributed by atoms with Gasteiger partial charge in [-0.05, 0) is 36.4 Å². The summed E-state index contributed by atoms with van der Waals surface area (Å²) in [7, 11) is 0. The average molecular weight is 384 g/mol. The molecule has 3 rings (SSSR count). The van der Waals surface area contributed by atoms with E-state index in [-0.39, 0.29) is 11.6 Å². The molecular weight excluding hydrogens is 373 g/mol. The molecule has 0 aliphatic carbocycles. The molecule has 1 amide bonds. The van der Waals surface area contributed by atoms with Crippen molar-refractivity contribution in [2.24, 2.45) is 0 Å². The van der Waals surface area contributed by atoms with Crippen LogP contribution < -0.4 is 10.6 Å². The van der Waals surface area contributed by atoms with Gasteiger partial charge in [0.05, 0.1) is 11.3 Å². The summed E-state index contributed by atoms with van der Waals surface area (Å²) in [5, 5.41) is 15.6. The molecule has 8 heteroatoms. The van der Waals surface area contributed by atoms with Crippen LogP contribution in [0.1, 0.15) is 16.1 Å². The van der Waals surface area contributed by atoms with Crippen LogP contribution in [0.15, 0.2) is 54.7 Å². The maximum absolute atomic E-state index is 12.4. The summed E-state index contributed by atoms with van der Waals surface area (Å²) >= 11 is 11.9. The Hall–Kier alpha value is -3.14. The zero-order valence-electron chi connectivity index (χ0n) is 13.2. The van der Waals surface area contributed by atoms with Crippen LogP contribution in [-0.4, -0.2) is 15.9 Å². The number of para-hydroxylation sites is 1. The van der Waals surface area contributed by atoms with Gasteiger partial charge >= 0.3 is 0 Å². The summed E-state index contributed by atoms with van der Waals surface area (Å²) in [5.74, 6) is -0.244. The van der Waals surface area contributed by atoms with Crippen LogP contribution in [0.25, 0.3) is 0 Å². The van der Waals surface area contributed by atoms with Gasteiger partial charge in [-0.1, -0.05) is 35.3 Å². The molecule has 0 bridgehead atoms. The topological polar surface area (TPSA) is 90.7 Å². The first kappa shape index (κ1) is 17.7. The lowest BCUT2D eigenvalue weighted by atomic mass is 10.2. The molecule has 0 aliphatic rings. The number of halogens is 2. The number of amides is 1. The number of rotatable bonds is 4. The highest BCUT2D eigenvalue weighted by Crippen LogP contribution is 2.23. The highest BCUT2D eigenvalue weighted by Gasteiger charge is 2.11. The number of nitrogens with zero attached hydrogens (tertiary/aromatic N) is 3. The Morgan fingerprint density at radius 2 is 1.81 bits per heavy atom. The Balaban J connectivity index is 1.80. The van der Waals surface area contributed by atoms with E-state index in [9.17, 15) is 4.79 Å². The van der Waals surface area contributed by atoms with Crippen LogP contribution in [0.2, 0.25) is 10.0 Å². The SMILES string of the molecule is N#Cc1ccccc1Nc1nccc(C(=O)Nc2cc(Cl)cc(Cl)c2)n1. The van der Waals surface area contributed by atoms with Crippen LogP contribution in [0.4, 0.5) is 17.3 Å². The van der Waals surface area contributed by atoms with Gasteiger partial charge in [-0.2, -0.15) is 5.26 Å². The van der Waals surface area contributed by atoms with Crippen molar-refractivity contribution in [3.05, 3.63) is 76.0 Å². The molecule has 2 aromatic carbocycles. The molecule has 2 N–H and O–H groups in total. The molecule has 0 saturated heterocycles. The van der Waals surface area contributed by atoms with E-state index in [1.165, 1.54) is 12.3 Å². The molecule has 1 heterocycles. The van der Waals surface area contributed by atoms with Crippen LogP contribution in [0, 0.1) is 11.3 Å². The van der Waals surface area contributed by atoms with Crippen molar-refractivity contribution < 1.29 is 4.79 Å². The molecular formula is C18H11Cl2N5O. The van der Waals surface area contributed by atoms with Gasteiger partial charge in [-0.3, -0.25) is 4.79 Å². The van der Waals surface area contributed by atoms with Crippen molar-refractivity contribution in [1.29, 1.82) is 5.26 Å². The summed E-state index contributed by atoms with van der Waals surface area (Å²) in [6.07, 6.45) is 1.45. The number of hydrogen-bond acceptors (Lipinski definition) is 5. The number of benzene rings is 2. The Morgan fingerprint density at radius 1 is 1.08 bits per heavy atom. The molecule has 6 nitrogen and oxygen atoms in total. The summed E-state index contributed by atoms with van der Waals surface area (Å²) in [6, 6.07) is 15.2. The van der Waals surface area contributed by atoms with Gasteiger partial charge in [0, 0.05) is 21.9 Å². The van der Waals surface area contributed by atoms with Gasteiger partial charge < -0.3 is 10.6 Å². The zero-order valence-corrected chi connectivity index (χ0v) is 14.7. The van der Waals surface area contributed by atoms with Crippen molar-refractivity contribution in [3.63, 3.8) is 0 Å². The van der Waals surface area contributed by atoms with E-state index in [0.29, 0.717) is 27.0 Å². The largest absolute Gasteiger partial charge is 0.323 e. The number of carbonyl (C=O) groups is 1. The molecule has 1 aromatic heterocycles. The third kappa shape index (κ3) is 4.28. The predicted molar refractivity (Wildman–Crippen MR) is 101 cm³/mol. The molecule has 26 heavy (non-hydrogen) atoms. The molecule has 0 unspecified atom stereocenters. The van der Waals surface area contributed by atoms with E-state index in [4.69, 9.17) is 28.5 Å². The molecule has 0 atom stereocenters. The lowest BCUT2D eigenvalue weighted by Crippen LogP contribution is -2.14. The highest BCUT2D eigenvalue weighted by atomic mass is 35.5. The molecule has 0 saturated carbocycles. The molecule has 0 radical (unpaired) electrons. The summed E-state index contributed by atoms with van der Waals surface area (Å²) in [6.45, 7) is 0. The van der Waals surface area contributed by atoms with E-state index >= 15 is 0 Å². The first-order valence-corrected chi connectivity index (χ1v) is 8.17. The van der Waals surface area contributed by atoms with Crippen molar-refractivity contribution in [1.82, 2.24) is 9.97 Å². The van der Waals surface area contributed by atoms with E-state index in [2.05, 4.69) is 26.7 Å².